The molecule has 32 heavy (non-hydrogen) atoms. The van der Waals surface area contributed by atoms with Gasteiger partial charge >= 0.3 is 0 Å². The Morgan fingerprint density at radius 1 is 1.19 bits per heavy atom. The number of ether oxygens (including phenoxy) is 1. The summed E-state index contributed by atoms with van der Waals surface area (Å²) in [6.45, 7) is 3.81. The highest BCUT2D eigenvalue weighted by atomic mass is 32.2. The summed E-state index contributed by atoms with van der Waals surface area (Å²) in [7, 11) is 0. The smallest absolute Gasteiger partial charge is 0.262 e. The maximum Gasteiger partial charge on any atom is 0.262 e. The average Bonchev–Trinajstić information content (AvgIpc) is 3.34. The van der Waals surface area contributed by atoms with Crippen molar-refractivity contribution in [3.8, 4) is 0 Å². The van der Waals surface area contributed by atoms with Gasteiger partial charge in [-0.3, -0.25) is 14.2 Å². The number of nitrogens with zero attached hydrogens (tertiary/aromatic N) is 3. The molecule has 3 aromatic rings. The van der Waals surface area contributed by atoms with Crippen molar-refractivity contribution >= 4 is 34.3 Å². The lowest BCUT2D eigenvalue weighted by Crippen LogP contribution is -2.40. The van der Waals surface area contributed by atoms with Gasteiger partial charge < -0.3 is 9.64 Å². The van der Waals surface area contributed by atoms with Gasteiger partial charge in [-0.15, -0.1) is 0 Å². The molecule has 3 heterocycles. The van der Waals surface area contributed by atoms with Gasteiger partial charge in [0.2, 0.25) is 5.91 Å². The topological polar surface area (TPSA) is 64.4 Å². The van der Waals surface area contributed by atoms with Crippen LogP contribution in [0.15, 0.2) is 58.5 Å². The molecule has 166 valence electrons. The second kappa shape index (κ2) is 9.08. The first-order chi connectivity index (χ1) is 15.6. The highest BCUT2D eigenvalue weighted by Gasteiger charge is 2.28. The molecule has 7 heteroatoms. The molecule has 0 N–H and O–H groups in total. The van der Waals surface area contributed by atoms with Crippen LogP contribution in [0.3, 0.4) is 0 Å². The third-order valence-corrected chi connectivity index (χ3v) is 7.32. The Labute approximate surface area is 191 Å². The zero-order valence-electron chi connectivity index (χ0n) is 18.2. The fourth-order valence-electron chi connectivity index (χ4n) is 4.58. The quantitative estimate of drug-likeness (QED) is 0.435. The van der Waals surface area contributed by atoms with Gasteiger partial charge in [0.15, 0.2) is 5.16 Å². The van der Waals surface area contributed by atoms with E-state index in [-0.39, 0.29) is 22.8 Å². The molecular weight excluding hydrogens is 422 g/mol. The number of benzene rings is 2. The SMILES string of the molecule is C[C@@H](Sc1nc2ccccc2c(=O)n1C[C@@H]1CCCO1)C(=O)N1CCCc2ccccc21. The summed E-state index contributed by atoms with van der Waals surface area (Å²) in [5, 5.41) is 0.805. The van der Waals surface area contributed by atoms with Crippen molar-refractivity contribution in [2.75, 3.05) is 18.1 Å². The molecule has 0 aliphatic carbocycles. The Hall–Kier alpha value is -2.64. The number of hydrogen-bond acceptors (Lipinski definition) is 5. The largest absolute Gasteiger partial charge is 0.376 e. The average molecular weight is 450 g/mol. The third-order valence-electron chi connectivity index (χ3n) is 6.24. The zero-order chi connectivity index (χ0) is 22.1. The summed E-state index contributed by atoms with van der Waals surface area (Å²) in [4.78, 5) is 33.4. The van der Waals surface area contributed by atoms with E-state index < -0.39 is 0 Å². The molecule has 0 bridgehead atoms. The van der Waals surface area contributed by atoms with Crippen LogP contribution in [-0.4, -0.2) is 40.0 Å². The minimum absolute atomic E-state index is 0.00925. The first-order valence-electron chi connectivity index (χ1n) is 11.3. The molecule has 1 saturated heterocycles. The van der Waals surface area contributed by atoms with E-state index in [4.69, 9.17) is 9.72 Å². The Morgan fingerprint density at radius 3 is 2.84 bits per heavy atom. The van der Waals surface area contributed by atoms with Gasteiger partial charge in [0, 0.05) is 18.8 Å². The second-order valence-corrected chi connectivity index (χ2v) is 9.75. The summed E-state index contributed by atoms with van der Waals surface area (Å²) in [5.74, 6) is 0.0493. The van der Waals surface area contributed by atoms with Crippen molar-refractivity contribution in [3.05, 3.63) is 64.4 Å². The fraction of sp³-hybridized carbons (Fsp3) is 0.400. The molecule has 2 atom stereocenters. The van der Waals surface area contributed by atoms with E-state index in [2.05, 4.69) is 6.07 Å². The van der Waals surface area contributed by atoms with Crippen LogP contribution in [-0.2, 0) is 22.5 Å². The van der Waals surface area contributed by atoms with Crippen LogP contribution in [0.4, 0.5) is 5.69 Å². The van der Waals surface area contributed by atoms with Crippen molar-refractivity contribution in [3.63, 3.8) is 0 Å². The lowest BCUT2D eigenvalue weighted by Gasteiger charge is -2.31. The van der Waals surface area contributed by atoms with Crippen molar-refractivity contribution in [1.29, 1.82) is 0 Å². The molecule has 1 amide bonds. The van der Waals surface area contributed by atoms with Crippen LogP contribution < -0.4 is 10.5 Å². The monoisotopic (exact) mass is 449 g/mol. The number of rotatable bonds is 5. The molecular formula is C25H27N3O3S. The molecule has 0 unspecified atom stereocenters. The standard InChI is InChI=1S/C25H27N3O3S/c1-17(23(29)27-14-6-9-18-8-2-5-13-22(18)27)32-25-26-21-12-4-3-11-20(21)24(30)28(25)16-19-10-7-15-31-19/h2-5,8,11-13,17,19H,6-7,9-10,14-16H2,1H3/t17-,19+/m1/s1. The van der Waals surface area contributed by atoms with Crippen molar-refractivity contribution in [2.45, 2.75) is 55.7 Å². The number of thioether (sulfide) groups is 1. The number of fused-ring (bicyclic) bond motifs is 2. The van der Waals surface area contributed by atoms with Gasteiger partial charge in [0.1, 0.15) is 0 Å². The van der Waals surface area contributed by atoms with E-state index in [0.717, 1.165) is 38.0 Å². The number of amides is 1. The van der Waals surface area contributed by atoms with E-state index in [1.807, 2.05) is 54.3 Å². The minimum Gasteiger partial charge on any atom is -0.376 e. The summed E-state index contributed by atoms with van der Waals surface area (Å²) < 4.78 is 7.50. The van der Waals surface area contributed by atoms with Crippen molar-refractivity contribution < 1.29 is 9.53 Å². The van der Waals surface area contributed by atoms with Crippen LogP contribution >= 0.6 is 11.8 Å². The molecule has 1 fully saturated rings. The predicted octanol–water partition coefficient (Wildman–Crippen LogP) is 4.04. The van der Waals surface area contributed by atoms with E-state index >= 15 is 0 Å². The van der Waals surface area contributed by atoms with Gasteiger partial charge in [0.05, 0.1) is 28.8 Å². The summed E-state index contributed by atoms with van der Waals surface area (Å²) >= 11 is 1.36. The van der Waals surface area contributed by atoms with Crippen molar-refractivity contribution in [2.24, 2.45) is 0 Å². The normalized spacial score (nSPS) is 19.2. The molecule has 0 spiro atoms. The molecule has 0 saturated carbocycles. The van der Waals surface area contributed by atoms with Gasteiger partial charge in [0.25, 0.3) is 5.56 Å². The summed E-state index contributed by atoms with van der Waals surface area (Å²) in [6, 6.07) is 15.5. The van der Waals surface area contributed by atoms with E-state index in [0.29, 0.717) is 29.1 Å². The van der Waals surface area contributed by atoms with Gasteiger partial charge in [-0.05, 0) is 56.4 Å². The zero-order valence-corrected chi connectivity index (χ0v) is 19.0. The third kappa shape index (κ3) is 4.07. The molecule has 6 nitrogen and oxygen atoms in total. The van der Waals surface area contributed by atoms with Gasteiger partial charge in [-0.2, -0.15) is 0 Å². The van der Waals surface area contributed by atoms with E-state index in [1.54, 1.807) is 4.57 Å². The number of aromatic nitrogens is 2. The maximum absolute atomic E-state index is 13.4. The number of carbonyl (C=O) groups is 1. The molecule has 2 aromatic carbocycles. The fourth-order valence-corrected chi connectivity index (χ4v) is 5.56. The van der Waals surface area contributed by atoms with Crippen LogP contribution in [0.1, 0.15) is 31.7 Å². The Kier molecular flexibility index (Phi) is 6.02. The Bertz CT molecular complexity index is 1200. The number of hydrogen-bond donors (Lipinski definition) is 0. The molecule has 5 rings (SSSR count). The van der Waals surface area contributed by atoms with Crippen molar-refractivity contribution in [1.82, 2.24) is 9.55 Å². The minimum atomic E-state index is -0.370. The number of aryl methyl sites for hydroxylation is 1. The Balaban J connectivity index is 1.46. The van der Waals surface area contributed by atoms with Crippen LogP contribution in [0.25, 0.3) is 10.9 Å². The highest BCUT2D eigenvalue weighted by molar-refractivity contribution is 8.00. The van der Waals surface area contributed by atoms with Crippen LogP contribution in [0.2, 0.25) is 0 Å². The summed E-state index contributed by atoms with van der Waals surface area (Å²) in [6.07, 6.45) is 3.90. The predicted molar refractivity (Wildman–Crippen MR) is 127 cm³/mol. The highest BCUT2D eigenvalue weighted by Crippen LogP contribution is 2.31. The molecule has 0 radical (unpaired) electrons. The van der Waals surface area contributed by atoms with E-state index in [9.17, 15) is 9.59 Å². The Morgan fingerprint density at radius 2 is 2.00 bits per heavy atom. The lowest BCUT2D eigenvalue weighted by atomic mass is 10.0. The van der Waals surface area contributed by atoms with Gasteiger partial charge in [-0.1, -0.05) is 42.1 Å². The first-order valence-corrected chi connectivity index (χ1v) is 12.2. The lowest BCUT2D eigenvalue weighted by molar-refractivity contribution is -0.117. The molecule has 1 aromatic heterocycles. The number of para-hydroxylation sites is 2. The number of anilines is 1. The first kappa shape index (κ1) is 21.2. The van der Waals surface area contributed by atoms with Crippen LogP contribution in [0, 0.1) is 0 Å². The number of carbonyl (C=O) groups excluding carboxylic acids is 1. The van der Waals surface area contributed by atoms with Crippen LogP contribution in [0.5, 0.6) is 0 Å². The van der Waals surface area contributed by atoms with Gasteiger partial charge in [-0.25, -0.2) is 4.98 Å². The molecule has 2 aliphatic rings. The maximum atomic E-state index is 13.4. The second-order valence-electron chi connectivity index (χ2n) is 8.44. The van der Waals surface area contributed by atoms with E-state index in [1.165, 1.54) is 17.3 Å². The summed E-state index contributed by atoms with van der Waals surface area (Å²) in [5.41, 5.74) is 2.80. The molecule has 2 aliphatic heterocycles.